The zero-order chi connectivity index (χ0) is 20.4. The van der Waals surface area contributed by atoms with Crippen LogP contribution in [-0.4, -0.2) is 31.0 Å². The maximum atomic E-state index is 13.3. The summed E-state index contributed by atoms with van der Waals surface area (Å²) in [7, 11) is 1.57. The van der Waals surface area contributed by atoms with Crippen molar-refractivity contribution in [2.24, 2.45) is 0 Å². The largest absolute Gasteiger partial charge is 0.495 e. The molecule has 0 spiro atoms. The molecule has 0 aliphatic rings. The Labute approximate surface area is 173 Å². The minimum Gasteiger partial charge on any atom is -0.495 e. The number of benzene rings is 2. The van der Waals surface area contributed by atoms with Crippen LogP contribution in [0.5, 0.6) is 5.75 Å². The quantitative estimate of drug-likeness (QED) is 0.506. The fourth-order valence-electron chi connectivity index (χ4n) is 3.21. The number of methoxy groups -OCH3 is 1. The van der Waals surface area contributed by atoms with Gasteiger partial charge in [-0.15, -0.1) is 0 Å². The highest BCUT2D eigenvalue weighted by molar-refractivity contribution is 6.32. The van der Waals surface area contributed by atoms with E-state index in [4.69, 9.17) is 16.3 Å². The maximum Gasteiger partial charge on any atom is 0.246 e. The number of nitrogens with zero attached hydrogens (tertiary/aromatic N) is 1. The van der Waals surface area contributed by atoms with Gasteiger partial charge in [0.1, 0.15) is 11.8 Å². The zero-order valence-electron chi connectivity index (χ0n) is 17.1. The normalized spacial score (nSPS) is 12.0. The molecule has 152 valence electrons. The molecular weight excluding hydrogens is 372 g/mol. The predicted octanol–water partition coefficient (Wildman–Crippen LogP) is 5.93. The van der Waals surface area contributed by atoms with Crippen molar-refractivity contribution < 1.29 is 9.53 Å². The van der Waals surface area contributed by atoms with Gasteiger partial charge in [-0.1, -0.05) is 68.6 Å². The van der Waals surface area contributed by atoms with Gasteiger partial charge in [-0.05, 0) is 49.7 Å². The van der Waals surface area contributed by atoms with E-state index < -0.39 is 0 Å². The monoisotopic (exact) mass is 402 g/mol. The van der Waals surface area contributed by atoms with Gasteiger partial charge in [0.15, 0.2) is 0 Å². The summed E-state index contributed by atoms with van der Waals surface area (Å²) in [6, 6.07) is 15.0. The van der Waals surface area contributed by atoms with Crippen LogP contribution in [0.3, 0.4) is 0 Å². The third kappa shape index (κ3) is 6.25. The molecule has 5 heteroatoms. The number of anilines is 1. The topological polar surface area (TPSA) is 41.6 Å². The molecule has 4 nitrogen and oxygen atoms in total. The highest BCUT2D eigenvalue weighted by Crippen LogP contribution is 2.29. The van der Waals surface area contributed by atoms with Gasteiger partial charge >= 0.3 is 0 Å². The number of hydrogen-bond donors (Lipinski definition) is 1. The number of halogens is 1. The molecule has 1 amide bonds. The lowest BCUT2D eigenvalue weighted by atomic mass is 10.0. The standard InChI is InChI=1S/C23H31ClN2O2/c1-4-6-15-26(16-7-5-2)22(18-11-9-8-10-12-18)23(27)25-19-13-14-21(28-3)20(24)17-19/h8-14,17,22H,4-7,15-16H2,1-3H3,(H,25,27)/t22-/m1/s1. The van der Waals surface area contributed by atoms with Crippen LogP contribution in [0.2, 0.25) is 5.02 Å². The Morgan fingerprint density at radius 3 is 2.25 bits per heavy atom. The van der Waals surface area contributed by atoms with Gasteiger partial charge in [0.05, 0.1) is 12.1 Å². The van der Waals surface area contributed by atoms with Crippen LogP contribution in [0.4, 0.5) is 5.69 Å². The molecule has 0 radical (unpaired) electrons. The third-order valence-electron chi connectivity index (χ3n) is 4.75. The Hall–Kier alpha value is -2.04. The van der Waals surface area contributed by atoms with Crippen LogP contribution in [-0.2, 0) is 4.79 Å². The lowest BCUT2D eigenvalue weighted by Crippen LogP contribution is -2.38. The summed E-state index contributed by atoms with van der Waals surface area (Å²) in [4.78, 5) is 15.6. The van der Waals surface area contributed by atoms with E-state index in [9.17, 15) is 4.79 Å². The number of unbranched alkanes of at least 4 members (excludes halogenated alkanes) is 2. The van der Waals surface area contributed by atoms with Crippen molar-refractivity contribution in [1.29, 1.82) is 0 Å². The lowest BCUT2D eigenvalue weighted by Gasteiger charge is -2.31. The van der Waals surface area contributed by atoms with E-state index in [-0.39, 0.29) is 11.9 Å². The van der Waals surface area contributed by atoms with Crippen LogP contribution in [0, 0.1) is 0 Å². The first-order valence-electron chi connectivity index (χ1n) is 10.0. The fraction of sp³-hybridized carbons (Fsp3) is 0.435. The Bertz CT molecular complexity index is 729. The van der Waals surface area contributed by atoms with E-state index in [0.717, 1.165) is 44.3 Å². The number of ether oxygens (including phenoxy) is 1. The molecular formula is C23H31ClN2O2. The average Bonchev–Trinajstić information content (AvgIpc) is 2.70. The summed E-state index contributed by atoms with van der Waals surface area (Å²) in [6.07, 6.45) is 4.32. The number of hydrogen-bond acceptors (Lipinski definition) is 3. The molecule has 0 saturated heterocycles. The number of amides is 1. The van der Waals surface area contributed by atoms with Crippen molar-refractivity contribution in [3.8, 4) is 5.75 Å². The Morgan fingerprint density at radius 2 is 1.71 bits per heavy atom. The SMILES string of the molecule is CCCCN(CCCC)[C@@H](C(=O)Nc1ccc(OC)c(Cl)c1)c1ccccc1. The number of carbonyl (C=O) groups excluding carboxylic acids is 1. The second kappa shape index (κ2) is 11.7. The van der Waals surface area contributed by atoms with Gasteiger partial charge in [0.25, 0.3) is 0 Å². The first kappa shape index (κ1) is 22.3. The van der Waals surface area contributed by atoms with E-state index in [1.807, 2.05) is 36.4 Å². The zero-order valence-corrected chi connectivity index (χ0v) is 17.8. The van der Waals surface area contributed by atoms with Gasteiger partial charge in [-0.2, -0.15) is 0 Å². The van der Waals surface area contributed by atoms with Crippen LogP contribution in [0.15, 0.2) is 48.5 Å². The molecule has 0 aliphatic carbocycles. The second-order valence-corrected chi connectivity index (χ2v) is 7.30. The molecule has 2 rings (SSSR count). The highest BCUT2D eigenvalue weighted by Gasteiger charge is 2.27. The third-order valence-corrected chi connectivity index (χ3v) is 5.04. The second-order valence-electron chi connectivity index (χ2n) is 6.89. The number of carbonyl (C=O) groups is 1. The van der Waals surface area contributed by atoms with Crippen molar-refractivity contribution in [2.45, 2.75) is 45.6 Å². The van der Waals surface area contributed by atoms with Gasteiger partial charge in [0, 0.05) is 5.69 Å². The summed E-state index contributed by atoms with van der Waals surface area (Å²) >= 11 is 6.22. The molecule has 0 bridgehead atoms. The highest BCUT2D eigenvalue weighted by atomic mass is 35.5. The number of rotatable bonds is 11. The van der Waals surface area contributed by atoms with E-state index in [2.05, 4.69) is 24.1 Å². The molecule has 1 N–H and O–H groups in total. The summed E-state index contributed by atoms with van der Waals surface area (Å²) in [5.74, 6) is 0.548. The minimum atomic E-state index is -0.333. The molecule has 0 aliphatic heterocycles. The van der Waals surface area contributed by atoms with Gasteiger partial charge in [-0.3, -0.25) is 9.69 Å². The van der Waals surface area contributed by atoms with E-state index in [1.54, 1.807) is 19.2 Å². The summed E-state index contributed by atoms with van der Waals surface area (Å²) in [5.41, 5.74) is 1.68. The minimum absolute atomic E-state index is 0.0420. The molecule has 0 fully saturated rings. The van der Waals surface area contributed by atoms with Gasteiger partial charge in [0.2, 0.25) is 5.91 Å². The molecule has 2 aromatic rings. The summed E-state index contributed by atoms with van der Waals surface area (Å²) < 4.78 is 5.20. The average molecular weight is 403 g/mol. The predicted molar refractivity (Wildman–Crippen MR) is 117 cm³/mol. The van der Waals surface area contributed by atoms with Gasteiger partial charge in [-0.25, -0.2) is 0 Å². The van der Waals surface area contributed by atoms with Crippen molar-refractivity contribution in [2.75, 3.05) is 25.5 Å². The Kier molecular flexibility index (Phi) is 9.32. The van der Waals surface area contributed by atoms with Crippen molar-refractivity contribution in [1.82, 2.24) is 4.90 Å². The molecule has 1 atom stereocenters. The Morgan fingerprint density at radius 1 is 1.07 bits per heavy atom. The van der Waals surface area contributed by atoms with Crippen LogP contribution in [0.25, 0.3) is 0 Å². The van der Waals surface area contributed by atoms with Crippen LogP contribution in [0.1, 0.15) is 51.1 Å². The first-order chi connectivity index (χ1) is 13.6. The van der Waals surface area contributed by atoms with Gasteiger partial charge < -0.3 is 10.1 Å². The number of nitrogens with one attached hydrogen (secondary N) is 1. The van der Waals surface area contributed by atoms with Crippen molar-refractivity contribution in [3.63, 3.8) is 0 Å². The van der Waals surface area contributed by atoms with E-state index in [0.29, 0.717) is 16.5 Å². The molecule has 28 heavy (non-hydrogen) atoms. The maximum absolute atomic E-state index is 13.3. The van der Waals surface area contributed by atoms with Crippen molar-refractivity contribution in [3.05, 3.63) is 59.1 Å². The smallest absolute Gasteiger partial charge is 0.246 e. The molecule has 0 saturated carbocycles. The summed E-state index contributed by atoms with van der Waals surface area (Å²) in [6.45, 7) is 6.14. The molecule has 2 aromatic carbocycles. The Balaban J connectivity index is 2.28. The lowest BCUT2D eigenvalue weighted by molar-refractivity contribution is -0.121. The van der Waals surface area contributed by atoms with Crippen LogP contribution >= 0.6 is 11.6 Å². The summed E-state index contributed by atoms with van der Waals surface area (Å²) in [5, 5.41) is 3.52. The molecule has 0 unspecified atom stereocenters. The molecule has 0 aromatic heterocycles. The van der Waals surface area contributed by atoms with E-state index >= 15 is 0 Å². The fourth-order valence-corrected chi connectivity index (χ4v) is 3.47. The van der Waals surface area contributed by atoms with E-state index in [1.165, 1.54) is 0 Å². The van der Waals surface area contributed by atoms with Crippen LogP contribution < -0.4 is 10.1 Å². The van der Waals surface area contributed by atoms with Crippen molar-refractivity contribution >= 4 is 23.2 Å². The first-order valence-corrected chi connectivity index (χ1v) is 10.4. The molecule has 0 heterocycles.